The summed E-state index contributed by atoms with van der Waals surface area (Å²) < 4.78 is 11.7. The third-order valence-electron chi connectivity index (χ3n) is 4.60. The third kappa shape index (κ3) is 7.27. The van der Waals surface area contributed by atoms with Crippen molar-refractivity contribution in [1.82, 2.24) is 0 Å². The quantitative estimate of drug-likeness (QED) is 0.123. The van der Waals surface area contributed by atoms with E-state index in [4.69, 9.17) is 32.7 Å². The Morgan fingerprint density at radius 1 is 1.06 bits per heavy atom. The number of ether oxygens (including phenoxy) is 2. The van der Waals surface area contributed by atoms with Crippen LogP contribution < -0.4 is 20.1 Å². The van der Waals surface area contributed by atoms with Crippen LogP contribution in [0.4, 0.5) is 11.4 Å². The summed E-state index contributed by atoms with van der Waals surface area (Å²) in [7, 11) is 1.43. The molecule has 0 saturated heterocycles. The summed E-state index contributed by atoms with van der Waals surface area (Å²) in [5.41, 5.74) is 1.26. The molecule has 11 heteroatoms. The van der Waals surface area contributed by atoms with Crippen molar-refractivity contribution < 1.29 is 24.2 Å². The van der Waals surface area contributed by atoms with Crippen LogP contribution in [0, 0.1) is 14.9 Å². The molecule has 36 heavy (non-hydrogen) atoms. The Bertz CT molecular complexity index is 1370. The van der Waals surface area contributed by atoms with Gasteiger partial charge in [-0.1, -0.05) is 23.2 Å². The largest absolute Gasteiger partial charge is 0.508 e. The maximum absolute atomic E-state index is 12.5. The Morgan fingerprint density at radius 3 is 2.39 bits per heavy atom. The highest BCUT2D eigenvalue weighted by atomic mass is 127. The van der Waals surface area contributed by atoms with Crippen molar-refractivity contribution >= 4 is 75.1 Å². The molecule has 0 aliphatic carbocycles. The van der Waals surface area contributed by atoms with Gasteiger partial charge in [-0.2, -0.15) is 5.26 Å². The van der Waals surface area contributed by atoms with Crippen LogP contribution in [-0.4, -0.2) is 30.6 Å². The van der Waals surface area contributed by atoms with Gasteiger partial charge in [-0.25, -0.2) is 0 Å². The minimum atomic E-state index is -0.614. The predicted octanol–water partition coefficient (Wildman–Crippen LogP) is 5.88. The van der Waals surface area contributed by atoms with Crippen molar-refractivity contribution in [3.05, 3.63) is 79.3 Å². The molecule has 3 aromatic carbocycles. The minimum Gasteiger partial charge on any atom is -0.508 e. The second-order valence-electron chi connectivity index (χ2n) is 7.17. The highest BCUT2D eigenvalue weighted by Gasteiger charge is 2.16. The van der Waals surface area contributed by atoms with E-state index < -0.39 is 11.8 Å². The van der Waals surface area contributed by atoms with E-state index in [1.54, 1.807) is 24.3 Å². The number of rotatable bonds is 8. The Morgan fingerprint density at radius 2 is 1.75 bits per heavy atom. The molecule has 2 amide bonds. The molecule has 0 aromatic heterocycles. The molecule has 0 aliphatic rings. The number of carbonyl (C=O) groups excluding carboxylic acids is 2. The number of nitrogens with one attached hydrogen (secondary N) is 2. The van der Waals surface area contributed by atoms with Gasteiger partial charge in [0.2, 0.25) is 0 Å². The Hall–Kier alpha value is -3.46. The maximum Gasteiger partial charge on any atom is 0.266 e. The lowest BCUT2D eigenvalue weighted by atomic mass is 10.1. The zero-order valence-electron chi connectivity index (χ0n) is 18.6. The average molecular weight is 638 g/mol. The fraction of sp³-hybridized carbons (Fsp3) is 0.0800. The Kier molecular flexibility index (Phi) is 9.41. The highest BCUT2D eigenvalue weighted by molar-refractivity contribution is 14.1. The summed E-state index contributed by atoms with van der Waals surface area (Å²) in [6.07, 6.45) is 1.40. The Balaban J connectivity index is 1.73. The number of nitriles is 1. The van der Waals surface area contributed by atoms with Crippen molar-refractivity contribution in [1.29, 1.82) is 5.26 Å². The van der Waals surface area contributed by atoms with Crippen LogP contribution in [0.25, 0.3) is 6.08 Å². The molecule has 0 spiro atoms. The van der Waals surface area contributed by atoms with Gasteiger partial charge in [0.1, 0.15) is 17.4 Å². The number of phenols is 1. The number of phenolic OH excluding ortho intramolecular Hbond substituents is 1. The lowest BCUT2D eigenvalue weighted by Gasteiger charge is -2.14. The predicted molar refractivity (Wildman–Crippen MR) is 147 cm³/mol. The number of anilines is 2. The van der Waals surface area contributed by atoms with E-state index in [1.165, 1.54) is 43.5 Å². The smallest absolute Gasteiger partial charge is 0.266 e. The van der Waals surface area contributed by atoms with E-state index >= 15 is 0 Å². The van der Waals surface area contributed by atoms with Gasteiger partial charge in [0.15, 0.2) is 18.1 Å². The lowest BCUT2D eigenvalue weighted by molar-refractivity contribution is -0.118. The number of aromatic hydroxyl groups is 1. The fourth-order valence-corrected chi connectivity index (χ4v) is 4.01. The van der Waals surface area contributed by atoms with Gasteiger partial charge in [-0.3, -0.25) is 9.59 Å². The monoisotopic (exact) mass is 637 g/mol. The maximum atomic E-state index is 12.5. The topological polar surface area (TPSA) is 121 Å². The first-order valence-electron chi connectivity index (χ1n) is 10.2. The first-order valence-corrected chi connectivity index (χ1v) is 12.0. The molecular weight excluding hydrogens is 620 g/mol. The second-order valence-corrected chi connectivity index (χ2v) is 9.15. The number of methoxy groups -OCH3 is 1. The van der Waals surface area contributed by atoms with Crippen LogP contribution in [0.1, 0.15) is 5.56 Å². The van der Waals surface area contributed by atoms with Crippen molar-refractivity contribution in [2.75, 3.05) is 24.4 Å². The SMILES string of the molecule is COc1cc(/C=C(\C#N)C(=O)Nc2ccc(O)cc2)cc(I)c1OCC(=O)Nc1ccc(Cl)c(Cl)c1. The van der Waals surface area contributed by atoms with Crippen molar-refractivity contribution in [2.45, 2.75) is 0 Å². The molecule has 0 heterocycles. The lowest BCUT2D eigenvalue weighted by Crippen LogP contribution is -2.20. The normalized spacial score (nSPS) is 10.8. The van der Waals surface area contributed by atoms with Gasteiger partial charge in [-0.05, 0) is 88.8 Å². The second kappa shape index (κ2) is 12.5. The molecule has 3 N–H and O–H groups in total. The Labute approximate surface area is 230 Å². The number of nitrogens with zero attached hydrogens (tertiary/aromatic N) is 1. The van der Waals surface area contributed by atoms with Crippen LogP contribution >= 0.6 is 45.8 Å². The summed E-state index contributed by atoms with van der Waals surface area (Å²) in [5.74, 6) is -0.345. The molecule has 0 aliphatic heterocycles. The fourth-order valence-electron chi connectivity index (χ4n) is 2.93. The number of amides is 2. The summed E-state index contributed by atoms with van der Waals surface area (Å²) in [6, 6.07) is 15.7. The zero-order valence-corrected chi connectivity index (χ0v) is 22.3. The molecular formula is C25H18Cl2IN3O5. The molecule has 0 radical (unpaired) electrons. The van der Waals surface area contributed by atoms with Crippen LogP contribution in [0.5, 0.6) is 17.2 Å². The molecule has 8 nitrogen and oxygen atoms in total. The van der Waals surface area contributed by atoms with Gasteiger partial charge in [-0.15, -0.1) is 0 Å². The molecule has 0 unspecified atom stereocenters. The van der Waals surface area contributed by atoms with E-state index in [9.17, 15) is 20.0 Å². The number of carbonyl (C=O) groups is 2. The zero-order chi connectivity index (χ0) is 26.2. The summed E-state index contributed by atoms with van der Waals surface area (Å²) in [6.45, 7) is -0.305. The minimum absolute atomic E-state index is 0.0554. The van der Waals surface area contributed by atoms with Gasteiger partial charge in [0, 0.05) is 11.4 Å². The molecule has 3 rings (SSSR count). The van der Waals surface area contributed by atoms with Gasteiger partial charge in [0.25, 0.3) is 11.8 Å². The summed E-state index contributed by atoms with van der Waals surface area (Å²) in [5, 5.41) is 24.8. The molecule has 184 valence electrons. The molecule has 3 aromatic rings. The van der Waals surface area contributed by atoms with Gasteiger partial charge < -0.3 is 25.2 Å². The van der Waals surface area contributed by atoms with Crippen molar-refractivity contribution in [3.63, 3.8) is 0 Å². The van der Waals surface area contributed by atoms with Crippen LogP contribution in [0.3, 0.4) is 0 Å². The van der Waals surface area contributed by atoms with E-state index in [2.05, 4.69) is 10.6 Å². The highest BCUT2D eigenvalue weighted by Crippen LogP contribution is 2.35. The molecule has 0 saturated carbocycles. The number of hydrogen-bond donors (Lipinski definition) is 3. The number of hydrogen-bond acceptors (Lipinski definition) is 6. The van der Waals surface area contributed by atoms with E-state index in [-0.39, 0.29) is 17.9 Å². The van der Waals surface area contributed by atoms with Crippen molar-refractivity contribution in [3.8, 4) is 23.3 Å². The summed E-state index contributed by atoms with van der Waals surface area (Å²) in [4.78, 5) is 24.9. The van der Waals surface area contributed by atoms with E-state index in [1.807, 2.05) is 28.7 Å². The first kappa shape index (κ1) is 27.1. The third-order valence-corrected chi connectivity index (χ3v) is 6.14. The molecule has 0 fully saturated rings. The molecule has 0 bridgehead atoms. The van der Waals surface area contributed by atoms with E-state index in [0.29, 0.717) is 42.1 Å². The van der Waals surface area contributed by atoms with Gasteiger partial charge in [0.05, 0.1) is 20.7 Å². The molecule has 0 atom stereocenters. The number of halogens is 3. The number of benzene rings is 3. The average Bonchev–Trinajstić information content (AvgIpc) is 2.85. The van der Waals surface area contributed by atoms with E-state index in [0.717, 1.165) is 0 Å². The van der Waals surface area contributed by atoms with Crippen molar-refractivity contribution in [2.24, 2.45) is 0 Å². The van der Waals surface area contributed by atoms with Crippen LogP contribution in [0.15, 0.2) is 60.2 Å². The van der Waals surface area contributed by atoms with Crippen LogP contribution in [0.2, 0.25) is 10.0 Å². The summed E-state index contributed by atoms with van der Waals surface area (Å²) >= 11 is 13.9. The standard InChI is InChI=1S/C25H18Cl2IN3O5/c1-35-22-10-14(8-15(12-29)25(34)31-16-2-5-18(32)6-3-16)9-21(28)24(22)36-13-23(33)30-17-4-7-19(26)20(27)11-17/h2-11,32H,13H2,1H3,(H,30,33)(H,31,34)/b15-8+. The van der Waals surface area contributed by atoms with Gasteiger partial charge >= 0.3 is 0 Å². The first-order chi connectivity index (χ1) is 17.2. The van der Waals surface area contributed by atoms with Crippen LogP contribution in [-0.2, 0) is 9.59 Å².